The Labute approximate surface area is 162 Å². The first-order valence-electron chi connectivity index (χ1n) is 9.08. The zero-order chi connectivity index (χ0) is 20.3. The summed E-state index contributed by atoms with van der Waals surface area (Å²) < 4.78 is 13.4. The number of nitrogens with one attached hydrogen (secondary N) is 1. The molecule has 1 aliphatic rings. The summed E-state index contributed by atoms with van der Waals surface area (Å²) in [5.74, 6) is -2.20. The fourth-order valence-electron chi connectivity index (χ4n) is 3.32. The summed E-state index contributed by atoms with van der Waals surface area (Å²) in [5.41, 5.74) is 1.38. The highest BCUT2D eigenvalue weighted by molar-refractivity contribution is 6.05. The van der Waals surface area contributed by atoms with Gasteiger partial charge in [0.2, 0.25) is 0 Å². The molecule has 0 spiro atoms. The Morgan fingerprint density at radius 2 is 1.89 bits per heavy atom. The highest BCUT2D eigenvalue weighted by Gasteiger charge is 2.32. The van der Waals surface area contributed by atoms with E-state index in [4.69, 9.17) is 0 Å². The summed E-state index contributed by atoms with van der Waals surface area (Å²) in [6, 6.07) is 9.60. The largest absolute Gasteiger partial charge is 0.480 e. The average molecular weight is 384 g/mol. The van der Waals surface area contributed by atoms with Crippen LogP contribution in [0.15, 0.2) is 42.5 Å². The Balaban J connectivity index is 1.77. The molecule has 2 aromatic rings. The van der Waals surface area contributed by atoms with Crippen LogP contribution < -0.4 is 5.32 Å². The number of carboxylic acids is 1. The van der Waals surface area contributed by atoms with Crippen molar-refractivity contribution in [3.05, 3.63) is 65.0 Å². The molecule has 1 aliphatic heterocycles. The number of carbonyl (C=O) groups excluding carboxylic acids is 2. The minimum absolute atomic E-state index is 0.303. The molecular formula is C21H21FN2O4. The van der Waals surface area contributed by atoms with Crippen LogP contribution in [0.25, 0.3) is 0 Å². The predicted octanol–water partition coefficient (Wildman–Crippen LogP) is 3.47. The Kier molecular flexibility index (Phi) is 5.73. The van der Waals surface area contributed by atoms with Gasteiger partial charge in [0.15, 0.2) is 0 Å². The monoisotopic (exact) mass is 384 g/mol. The number of carboxylic acid groups (broad SMARTS) is 1. The molecule has 2 amide bonds. The number of amides is 2. The Morgan fingerprint density at radius 3 is 2.61 bits per heavy atom. The zero-order valence-corrected chi connectivity index (χ0v) is 15.4. The van der Waals surface area contributed by atoms with Crippen molar-refractivity contribution in [2.75, 3.05) is 11.9 Å². The lowest BCUT2D eigenvalue weighted by Crippen LogP contribution is -2.48. The number of anilines is 1. The number of hydrogen-bond donors (Lipinski definition) is 2. The number of benzene rings is 2. The number of hydrogen-bond acceptors (Lipinski definition) is 3. The maximum atomic E-state index is 13.4. The van der Waals surface area contributed by atoms with Crippen molar-refractivity contribution >= 4 is 23.5 Å². The van der Waals surface area contributed by atoms with Gasteiger partial charge in [0, 0.05) is 23.4 Å². The molecule has 1 unspecified atom stereocenters. The van der Waals surface area contributed by atoms with Crippen molar-refractivity contribution in [2.45, 2.75) is 32.2 Å². The topological polar surface area (TPSA) is 86.7 Å². The van der Waals surface area contributed by atoms with E-state index in [2.05, 4.69) is 5.32 Å². The Morgan fingerprint density at radius 1 is 1.11 bits per heavy atom. The van der Waals surface area contributed by atoms with E-state index in [0.717, 1.165) is 12.8 Å². The Hall–Kier alpha value is -3.22. The molecule has 1 atom stereocenters. The lowest BCUT2D eigenvalue weighted by Gasteiger charge is -2.33. The van der Waals surface area contributed by atoms with Crippen LogP contribution in [-0.4, -0.2) is 40.4 Å². The fourth-order valence-corrected chi connectivity index (χ4v) is 3.32. The lowest BCUT2D eigenvalue weighted by molar-refractivity contribution is -0.143. The molecule has 0 radical (unpaired) electrons. The van der Waals surface area contributed by atoms with Crippen molar-refractivity contribution in [3.8, 4) is 0 Å². The second-order valence-corrected chi connectivity index (χ2v) is 6.85. The first-order valence-corrected chi connectivity index (χ1v) is 9.08. The van der Waals surface area contributed by atoms with Crippen molar-refractivity contribution < 1.29 is 23.9 Å². The van der Waals surface area contributed by atoms with Crippen LogP contribution in [-0.2, 0) is 4.79 Å². The summed E-state index contributed by atoms with van der Waals surface area (Å²) in [6.45, 7) is 1.96. The van der Waals surface area contributed by atoms with Crippen molar-refractivity contribution in [1.29, 1.82) is 0 Å². The van der Waals surface area contributed by atoms with E-state index < -0.39 is 23.7 Å². The maximum Gasteiger partial charge on any atom is 0.326 e. The van der Waals surface area contributed by atoms with Gasteiger partial charge < -0.3 is 15.3 Å². The van der Waals surface area contributed by atoms with Gasteiger partial charge in [-0.05, 0) is 68.1 Å². The maximum absolute atomic E-state index is 13.4. The molecule has 2 N–H and O–H groups in total. The molecular weight excluding hydrogens is 363 g/mol. The molecule has 3 rings (SSSR count). The molecule has 1 fully saturated rings. The standard InChI is InChI=1S/C21H21FN2O4/c1-13-11-14(8-9-17(13)22)19(25)23-16-6-4-5-15(12-16)20(26)24-10-3-2-7-18(24)21(27)28/h4-6,8-9,11-12,18H,2-3,7,10H2,1H3,(H,23,25)(H,27,28). The molecule has 0 aliphatic carbocycles. The minimum atomic E-state index is -1.01. The second kappa shape index (κ2) is 8.21. The number of halogens is 1. The Bertz CT molecular complexity index is 928. The summed E-state index contributed by atoms with van der Waals surface area (Å²) >= 11 is 0. The third-order valence-corrected chi connectivity index (χ3v) is 4.84. The van der Waals surface area contributed by atoms with Gasteiger partial charge in [-0.2, -0.15) is 0 Å². The third kappa shape index (κ3) is 4.19. The van der Waals surface area contributed by atoms with E-state index in [0.29, 0.717) is 35.3 Å². The number of likely N-dealkylation sites (tertiary alicyclic amines) is 1. The molecule has 28 heavy (non-hydrogen) atoms. The van der Waals surface area contributed by atoms with E-state index in [1.807, 2.05) is 0 Å². The highest BCUT2D eigenvalue weighted by Crippen LogP contribution is 2.22. The van der Waals surface area contributed by atoms with Crippen LogP contribution in [0.2, 0.25) is 0 Å². The third-order valence-electron chi connectivity index (χ3n) is 4.84. The smallest absolute Gasteiger partial charge is 0.326 e. The summed E-state index contributed by atoms with van der Waals surface area (Å²) in [6.07, 6.45) is 1.96. The van der Waals surface area contributed by atoms with Gasteiger partial charge in [0.1, 0.15) is 11.9 Å². The van der Waals surface area contributed by atoms with E-state index in [1.54, 1.807) is 25.1 Å². The van der Waals surface area contributed by atoms with Gasteiger partial charge in [0.25, 0.3) is 11.8 Å². The zero-order valence-electron chi connectivity index (χ0n) is 15.4. The van der Waals surface area contributed by atoms with E-state index in [9.17, 15) is 23.9 Å². The fraction of sp³-hybridized carbons (Fsp3) is 0.286. The van der Waals surface area contributed by atoms with Gasteiger partial charge in [-0.25, -0.2) is 9.18 Å². The quantitative estimate of drug-likeness (QED) is 0.845. The van der Waals surface area contributed by atoms with Crippen LogP contribution in [0.5, 0.6) is 0 Å². The van der Waals surface area contributed by atoms with Crippen LogP contribution in [0.3, 0.4) is 0 Å². The summed E-state index contributed by atoms with van der Waals surface area (Å²) in [7, 11) is 0. The molecule has 6 nitrogen and oxygen atoms in total. The number of aliphatic carboxylic acids is 1. The predicted molar refractivity (Wildman–Crippen MR) is 102 cm³/mol. The minimum Gasteiger partial charge on any atom is -0.480 e. The van der Waals surface area contributed by atoms with Gasteiger partial charge in [-0.3, -0.25) is 9.59 Å². The number of piperidine rings is 1. The van der Waals surface area contributed by atoms with Crippen molar-refractivity contribution in [3.63, 3.8) is 0 Å². The van der Waals surface area contributed by atoms with E-state index in [-0.39, 0.29) is 5.91 Å². The normalized spacial score (nSPS) is 16.5. The van der Waals surface area contributed by atoms with Crippen LogP contribution in [0.4, 0.5) is 10.1 Å². The lowest BCUT2D eigenvalue weighted by atomic mass is 10.0. The van der Waals surface area contributed by atoms with Crippen LogP contribution in [0.1, 0.15) is 45.5 Å². The molecule has 0 aromatic heterocycles. The average Bonchev–Trinajstić information content (AvgIpc) is 2.69. The van der Waals surface area contributed by atoms with E-state index >= 15 is 0 Å². The van der Waals surface area contributed by atoms with E-state index in [1.165, 1.54) is 29.2 Å². The molecule has 146 valence electrons. The second-order valence-electron chi connectivity index (χ2n) is 6.85. The van der Waals surface area contributed by atoms with Gasteiger partial charge in [0.05, 0.1) is 0 Å². The summed E-state index contributed by atoms with van der Waals surface area (Å²) in [4.78, 5) is 38.0. The van der Waals surface area contributed by atoms with Crippen LogP contribution in [0, 0.1) is 12.7 Å². The molecule has 2 aromatic carbocycles. The number of nitrogens with zero attached hydrogens (tertiary/aromatic N) is 1. The number of rotatable bonds is 4. The molecule has 7 heteroatoms. The molecule has 0 bridgehead atoms. The molecule has 1 saturated heterocycles. The van der Waals surface area contributed by atoms with Crippen molar-refractivity contribution in [2.24, 2.45) is 0 Å². The molecule has 1 heterocycles. The van der Waals surface area contributed by atoms with Crippen LogP contribution >= 0.6 is 0 Å². The first kappa shape index (κ1) is 19.5. The highest BCUT2D eigenvalue weighted by atomic mass is 19.1. The number of carbonyl (C=O) groups is 3. The van der Waals surface area contributed by atoms with Gasteiger partial charge in [-0.15, -0.1) is 0 Å². The summed E-state index contributed by atoms with van der Waals surface area (Å²) in [5, 5.41) is 12.1. The molecule has 0 saturated carbocycles. The van der Waals surface area contributed by atoms with Gasteiger partial charge >= 0.3 is 5.97 Å². The first-order chi connectivity index (χ1) is 13.4. The number of aryl methyl sites for hydroxylation is 1. The van der Waals surface area contributed by atoms with Gasteiger partial charge in [-0.1, -0.05) is 6.07 Å². The SMILES string of the molecule is Cc1cc(C(=O)Nc2cccc(C(=O)N3CCCCC3C(=O)O)c2)ccc1F. The van der Waals surface area contributed by atoms with Crippen molar-refractivity contribution in [1.82, 2.24) is 4.90 Å².